The van der Waals surface area contributed by atoms with Gasteiger partial charge in [-0.1, -0.05) is 36.4 Å². The van der Waals surface area contributed by atoms with Gasteiger partial charge in [-0.2, -0.15) is 0 Å². The molecule has 2 aromatic rings. The van der Waals surface area contributed by atoms with E-state index in [1.165, 1.54) is 17.6 Å². The number of benzene rings is 2. The molecule has 1 amide bonds. The summed E-state index contributed by atoms with van der Waals surface area (Å²) >= 11 is 0. The topological polar surface area (TPSA) is 102 Å². The second kappa shape index (κ2) is 9.42. The number of ether oxygens (including phenoxy) is 2. The van der Waals surface area contributed by atoms with Crippen LogP contribution in [0.2, 0.25) is 0 Å². The Morgan fingerprint density at radius 2 is 1.77 bits per heavy atom. The molecule has 1 saturated heterocycles. The van der Waals surface area contributed by atoms with Gasteiger partial charge in [0.1, 0.15) is 12.4 Å². The standard InChI is InChI=1S/C22H25NO6S/c1-17(15-18-5-3-2-4-6-18)16-29-19-7-9-20(10-8-19)30(26,27)22(21(24)23-25)11-13-28-14-12-22/h2-10,15,25H,11-14,16H2,1H3,(H,23,24)/b17-15+. The Bertz CT molecular complexity index is 994. The first-order chi connectivity index (χ1) is 14.4. The minimum absolute atomic E-state index is 0.00287. The third kappa shape index (κ3) is 4.56. The van der Waals surface area contributed by atoms with Crippen molar-refractivity contribution in [3.05, 3.63) is 65.7 Å². The molecule has 30 heavy (non-hydrogen) atoms. The van der Waals surface area contributed by atoms with Crippen molar-refractivity contribution in [2.45, 2.75) is 29.4 Å². The lowest BCUT2D eigenvalue weighted by Gasteiger charge is -2.34. The molecule has 1 aliphatic rings. The van der Waals surface area contributed by atoms with Crippen LogP contribution in [-0.2, 0) is 19.4 Å². The molecular formula is C22H25NO6S. The van der Waals surface area contributed by atoms with Gasteiger partial charge in [0.2, 0.25) is 0 Å². The van der Waals surface area contributed by atoms with E-state index in [2.05, 4.69) is 0 Å². The quantitative estimate of drug-likeness (QED) is 0.516. The molecule has 0 spiro atoms. The first-order valence-corrected chi connectivity index (χ1v) is 11.1. The van der Waals surface area contributed by atoms with Crippen molar-refractivity contribution in [2.75, 3.05) is 19.8 Å². The molecule has 1 aliphatic heterocycles. The van der Waals surface area contributed by atoms with Crippen LogP contribution in [-0.4, -0.2) is 44.1 Å². The molecule has 0 bridgehead atoms. The van der Waals surface area contributed by atoms with E-state index >= 15 is 0 Å². The maximum Gasteiger partial charge on any atom is 0.265 e. The van der Waals surface area contributed by atoms with Crippen molar-refractivity contribution < 1.29 is 27.9 Å². The summed E-state index contributed by atoms with van der Waals surface area (Å²) in [7, 11) is -4.04. The molecule has 160 valence electrons. The second-order valence-electron chi connectivity index (χ2n) is 7.21. The third-order valence-corrected chi connectivity index (χ3v) is 7.66. The minimum atomic E-state index is -4.04. The Balaban J connectivity index is 1.74. The van der Waals surface area contributed by atoms with Crippen LogP contribution < -0.4 is 10.2 Å². The van der Waals surface area contributed by atoms with Gasteiger partial charge in [0.05, 0.1) is 4.90 Å². The monoisotopic (exact) mass is 431 g/mol. The Hall–Kier alpha value is -2.68. The third-order valence-electron chi connectivity index (χ3n) is 5.14. The molecule has 1 heterocycles. The fourth-order valence-corrected chi connectivity index (χ4v) is 5.37. The van der Waals surface area contributed by atoms with Crippen LogP contribution >= 0.6 is 0 Å². The molecule has 1 fully saturated rings. The number of hydrogen-bond acceptors (Lipinski definition) is 6. The van der Waals surface area contributed by atoms with Crippen molar-refractivity contribution in [1.29, 1.82) is 0 Å². The van der Waals surface area contributed by atoms with E-state index in [1.807, 2.05) is 43.3 Å². The lowest BCUT2D eigenvalue weighted by Crippen LogP contribution is -2.54. The molecule has 8 heteroatoms. The zero-order valence-corrected chi connectivity index (χ0v) is 17.5. The molecule has 3 rings (SSSR count). The van der Waals surface area contributed by atoms with Crippen LogP contribution in [0.15, 0.2) is 65.1 Å². The predicted molar refractivity (Wildman–Crippen MR) is 112 cm³/mol. The summed E-state index contributed by atoms with van der Waals surface area (Å²) in [4.78, 5) is 12.3. The number of rotatable bonds is 7. The van der Waals surface area contributed by atoms with Gasteiger partial charge >= 0.3 is 0 Å². The van der Waals surface area contributed by atoms with Gasteiger partial charge in [0.25, 0.3) is 5.91 Å². The van der Waals surface area contributed by atoms with Gasteiger partial charge in [-0.15, -0.1) is 0 Å². The molecule has 0 aliphatic carbocycles. The lowest BCUT2D eigenvalue weighted by atomic mass is 9.98. The predicted octanol–water partition coefficient (Wildman–Crippen LogP) is 3.00. The van der Waals surface area contributed by atoms with Crippen LogP contribution in [0.4, 0.5) is 0 Å². The molecule has 2 aromatic carbocycles. The zero-order chi connectivity index (χ0) is 21.6. The van der Waals surface area contributed by atoms with Crippen molar-refractivity contribution in [1.82, 2.24) is 5.48 Å². The Kier molecular flexibility index (Phi) is 6.91. The van der Waals surface area contributed by atoms with Crippen molar-refractivity contribution in [2.24, 2.45) is 0 Å². The molecule has 0 unspecified atom stereocenters. The van der Waals surface area contributed by atoms with Gasteiger partial charge in [0.15, 0.2) is 14.6 Å². The molecular weight excluding hydrogens is 406 g/mol. The number of amides is 1. The zero-order valence-electron chi connectivity index (χ0n) is 16.7. The summed E-state index contributed by atoms with van der Waals surface area (Å²) in [6.45, 7) is 2.56. The highest BCUT2D eigenvalue weighted by Crippen LogP contribution is 2.35. The Labute approximate surface area is 176 Å². The maximum absolute atomic E-state index is 13.2. The highest BCUT2D eigenvalue weighted by Gasteiger charge is 2.52. The first-order valence-electron chi connectivity index (χ1n) is 9.61. The highest BCUT2D eigenvalue weighted by atomic mass is 32.2. The molecule has 0 atom stereocenters. The molecule has 0 radical (unpaired) electrons. The first kappa shape index (κ1) is 22.0. The Morgan fingerprint density at radius 1 is 1.13 bits per heavy atom. The van der Waals surface area contributed by atoms with Gasteiger partial charge in [0, 0.05) is 13.2 Å². The number of carbonyl (C=O) groups excluding carboxylic acids is 1. The largest absolute Gasteiger partial charge is 0.489 e. The van der Waals surface area contributed by atoms with E-state index < -0.39 is 20.5 Å². The highest BCUT2D eigenvalue weighted by molar-refractivity contribution is 7.93. The van der Waals surface area contributed by atoms with Crippen LogP contribution in [0.25, 0.3) is 6.08 Å². The number of hydroxylamine groups is 1. The van der Waals surface area contributed by atoms with Gasteiger partial charge < -0.3 is 9.47 Å². The fourth-order valence-electron chi connectivity index (χ4n) is 3.43. The van der Waals surface area contributed by atoms with E-state index in [9.17, 15) is 13.2 Å². The summed E-state index contributed by atoms with van der Waals surface area (Å²) in [6, 6.07) is 15.8. The van der Waals surface area contributed by atoms with E-state index in [0.29, 0.717) is 12.4 Å². The maximum atomic E-state index is 13.2. The average Bonchev–Trinajstić information content (AvgIpc) is 2.78. The van der Waals surface area contributed by atoms with E-state index in [4.69, 9.17) is 14.7 Å². The van der Waals surface area contributed by atoms with E-state index in [1.54, 1.807) is 12.1 Å². The summed E-state index contributed by atoms with van der Waals surface area (Å²) in [5.41, 5.74) is 3.60. The number of hydrogen-bond donors (Lipinski definition) is 2. The molecule has 2 N–H and O–H groups in total. The molecule has 0 aromatic heterocycles. The SMILES string of the molecule is C/C(=C\c1ccccc1)COc1ccc(S(=O)(=O)C2(C(=O)NO)CCOCC2)cc1. The van der Waals surface area contributed by atoms with Crippen LogP contribution in [0.1, 0.15) is 25.3 Å². The minimum Gasteiger partial charge on any atom is -0.489 e. The molecule has 7 nitrogen and oxygen atoms in total. The number of carbonyl (C=O) groups is 1. The normalized spacial score (nSPS) is 16.7. The molecule has 0 saturated carbocycles. The van der Waals surface area contributed by atoms with E-state index in [-0.39, 0.29) is 31.0 Å². The Morgan fingerprint density at radius 3 is 2.37 bits per heavy atom. The second-order valence-corrected chi connectivity index (χ2v) is 9.47. The van der Waals surface area contributed by atoms with Gasteiger partial charge in [-0.05, 0) is 55.2 Å². The van der Waals surface area contributed by atoms with Gasteiger partial charge in [-0.3, -0.25) is 10.0 Å². The van der Waals surface area contributed by atoms with E-state index in [0.717, 1.165) is 11.1 Å². The number of sulfone groups is 1. The summed E-state index contributed by atoms with van der Waals surface area (Å²) in [5.74, 6) is -0.421. The van der Waals surface area contributed by atoms with Crippen molar-refractivity contribution in [3.8, 4) is 5.75 Å². The smallest absolute Gasteiger partial charge is 0.265 e. The average molecular weight is 432 g/mol. The summed E-state index contributed by atoms with van der Waals surface area (Å²) in [6.07, 6.45) is 1.97. The summed E-state index contributed by atoms with van der Waals surface area (Å²) < 4.78 is 35.6. The van der Waals surface area contributed by atoms with Crippen molar-refractivity contribution in [3.63, 3.8) is 0 Å². The fraction of sp³-hybridized carbons (Fsp3) is 0.318. The van der Waals surface area contributed by atoms with Crippen LogP contribution in [0.3, 0.4) is 0 Å². The summed E-state index contributed by atoms with van der Waals surface area (Å²) in [5, 5.41) is 9.10. The van der Waals surface area contributed by atoms with Crippen molar-refractivity contribution >= 4 is 21.8 Å². The van der Waals surface area contributed by atoms with Crippen LogP contribution in [0, 0.1) is 0 Å². The lowest BCUT2D eigenvalue weighted by molar-refractivity contribution is -0.134. The van der Waals surface area contributed by atoms with Crippen LogP contribution in [0.5, 0.6) is 5.75 Å². The number of nitrogens with one attached hydrogen (secondary N) is 1. The van der Waals surface area contributed by atoms with Gasteiger partial charge in [-0.25, -0.2) is 13.9 Å².